The molecule has 1 N–H and O–H groups in total. The Hall–Kier alpha value is -0.860. The molecule has 1 saturated carbocycles. The number of hydrogen-bond donors (Lipinski definition) is 1. The van der Waals surface area contributed by atoms with E-state index in [1.54, 1.807) is 0 Å². The van der Waals surface area contributed by atoms with Crippen molar-refractivity contribution in [2.45, 2.75) is 44.2 Å². The van der Waals surface area contributed by atoms with Gasteiger partial charge in [0.2, 0.25) is 0 Å². The van der Waals surface area contributed by atoms with Crippen LogP contribution < -0.4 is 5.32 Å². The van der Waals surface area contributed by atoms with Crippen molar-refractivity contribution in [2.24, 2.45) is 5.92 Å². The van der Waals surface area contributed by atoms with Gasteiger partial charge in [-0.15, -0.1) is 0 Å². The molecule has 0 radical (unpaired) electrons. The van der Waals surface area contributed by atoms with E-state index in [0.29, 0.717) is 12.1 Å². The van der Waals surface area contributed by atoms with Gasteiger partial charge in [-0.25, -0.2) is 0 Å². The second kappa shape index (κ2) is 5.85. The van der Waals surface area contributed by atoms with Crippen LogP contribution in [0.15, 0.2) is 30.3 Å². The Kier molecular flexibility index (Phi) is 3.96. The predicted octanol–water partition coefficient (Wildman–Crippen LogP) is 3.30. The molecular weight excluding hydrogens is 222 g/mol. The molecule has 0 bridgehead atoms. The molecule has 0 amide bonds. The molecule has 0 unspecified atom stereocenters. The fourth-order valence-electron chi connectivity index (χ4n) is 3.06. The number of nitrogens with one attached hydrogen (secondary N) is 1. The average molecular weight is 245 g/mol. The van der Waals surface area contributed by atoms with Crippen molar-refractivity contribution in [2.75, 3.05) is 13.2 Å². The van der Waals surface area contributed by atoms with Gasteiger partial charge in [0.05, 0.1) is 0 Å². The molecule has 1 aliphatic heterocycles. The zero-order chi connectivity index (χ0) is 12.2. The largest absolute Gasteiger partial charge is 0.381 e. The summed E-state index contributed by atoms with van der Waals surface area (Å²) in [5.41, 5.74) is 1.47. The Morgan fingerprint density at radius 1 is 1.00 bits per heavy atom. The monoisotopic (exact) mass is 245 g/mol. The number of rotatable bonds is 4. The van der Waals surface area contributed by atoms with Crippen LogP contribution in [0.4, 0.5) is 0 Å². The van der Waals surface area contributed by atoms with Gasteiger partial charge < -0.3 is 10.1 Å². The topological polar surface area (TPSA) is 21.3 Å². The van der Waals surface area contributed by atoms with E-state index in [1.807, 2.05) is 0 Å². The summed E-state index contributed by atoms with van der Waals surface area (Å²) in [5.74, 6) is 0.843. The fourth-order valence-corrected chi connectivity index (χ4v) is 3.06. The normalized spacial score (nSPS) is 23.6. The van der Waals surface area contributed by atoms with E-state index in [-0.39, 0.29) is 0 Å². The lowest BCUT2D eigenvalue weighted by molar-refractivity contribution is 0.0686. The minimum atomic E-state index is 0.558. The van der Waals surface area contributed by atoms with Crippen molar-refractivity contribution in [1.82, 2.24) is 5.32 Å². The summed E-state index contributed by atoms with van der Waals surface area (Å²) < 4.78 is 5.45. The summed E-state index contributed by atoms with van der Waals surface area (Å²) in [7, 11) is 0. The van der Waals surface area contributed by atoms with Gasteiger partial charge in [0, 0.05) is 25.3 Å². The van der Waals surface area contributed by atoms with Crippen molar-refractivity contribution in [3.8, 4) is 0 Å². The molecule has 1 heterocycles. The van der Waals surface area contributed by atoms with Gasteiger partial charge in [0.15, 0.2) is 0 Å². The highest BCUT2D eigenvalue weighted by molar-refractivity contribution is 5.20. The summed E-state index contributed by atoms with van der Waals surface area (Å²) in [6, 6.07) is 12.2. The standard InChI is InChI=1S/C16H23NO/c1-2-5-13(6-3-1)16(14-7-4-8-14)17-15-9-11-18-12-10-15/h1-3,5-6,14-17H,4,7-12H2/t16-/m0/s1. The van der Waals surface area contributed by atoms with Crippen LogP contribution in [0.25, 0.3) is 0 Å². The smallest absolute Gasteiger partial charge is 0.0480 e. The van der Waals surface area contributed by atoms with E-state index < -0.39 is 0 Å². The van der Waals surface area contributed by atoms with Gasteiger partial charge in [-0.05, 0) is 37.2 Å². The molecule has 0 spiro atoms. The second-order valence-corrected chi connectivity index (χ2v) is 5.63. The van der Waals surface area contributed by atoms with E-state index >= 15 is 0 Å². The molecular formula is C16H23NO. The van der Waals surface area contributed by atoms with Gasteiger partial charge >= 0.3 is 0 Å². The van der Waals surface area contributed by atoms with Crippen LogP contribution in [0.2, 0.25) is 0 Å². The van der Waals surface area contributed by atoms with Crippen LogP contribution in [0, 0.1) is 5.92 Å². The third-order valence-corrected chi connectivity index (χ3v) is 4.42. The quantitative estimate of drug-likeness (QED) is 0.879. The first-order valence-corrected chi connectivity index (χ1v) is 7.32. The van der Waals surface area contributed by atoms with Crippen molar-refractivity contribution in [1.29, 1.82) is 0 Å². The Morgan fingerprint density at radius 2 is 1.72 bits per heavy atom. The third kappa shape index (κ3) is 2.76. The number of hydrogen-bond acceptors (Lipinski definition) is 2. The highest BCUT2D eigenvalue weighted by atomic mass is 16.5. The first kappa shape index (κ1) is 12.2. The Bertz CT molecular complexity index is 355. The van der Waals surface area contributed by atoms with Crippen LogP contribution >= 0.6 is 0 Å². The molecule has 2 nitrogen and oxygen atoms in total. The highest BCUT2D eigenvalue weighted by Crippen LogP contribution is 2.38. The van der Waals surface area contributed by atoms with Crippen LogP contribution in [0.5, 0.6) is 0 Å². The van der Waals surface area contributed by atoms with Crippen LogP contribution in [-0.4, -0.2) is 19.3 Å². The minimum Gasteiger partial charge on any atom is -0.381 e. The van der Waals surface area contributed by atoms with Gasteiger partial charge in [0.25, 0.3) is 0 Å². The summed E-state index contributed by atoms with van der Waals surface area (Å²) >= 11 is 0. The molecule has 0 aromatic heterocycles. The van der Waals surface area contributed by atoms with E-state index in [1.165, 1.54) is 24.8 Å². The SMILES string of the molecule is c1ccc([C@H](NC2CCOCC2)C2CCC2)cc1. The molecule has 1 aromatic rings. The maximum absolute atomic E-state index is 5.45. The average Bonchev–Trinajstić information content (AvgIpc) is 2.38. The third-order valence-electron chi connectivity index (χ3n) is 4.42. The molecule has 1 aromatic carbocycles. The molecule has 18 heavy (non-hydrogen) atoms. The highest BCUT2D eigenvalue weighted by Gasteiger charge is 2.30. The van der Waals surface area contributed by atoms with E-state index in [0.717, 1.165) is 32.0 Å². The molecule has 1 aliphatic carbocycles. The van der Waals surface area contributed by atoms with Gasteiger partial charge in [-0.3, -0.25) is 0 Å². The van der Waals surface area contributed by atoms with Crippen LogP contribution in [-0.2, 0) is 4.74 Å². The Labute approximate surface area is 110 Å². The first-order valence-electron chi connectivity index (χ1n) is 7.32. The predicted molar refractivity (Wildman–Crippen MR) is 73.5 cm³/mol. The summed E-state index contributed by atoms with van der Waals surface area (Å²) in [6.07, 6.45) is 6.50. The zero-order valence-corrected chi connectivity index (χ0v) is 11.0. The lowest BCUT2D eigenvalue weighted by Gasteiger charge is -2.38. The molecule has 1 atom stereocenters. The second-order valence-electron chi connectivity index (χ2n) is 5.63. The van der Waals surface area contributed by atoms with Gasteiger partial charge in [-0.2, -0.15) is 0 Å². The van der Waals surface area contributed by atoms with Crippen molar-refractivity contribution in [3.05, 3.63) is 35.9 Å². The van der Waals surface area contributed by atoms with Crippen LogP contribution in [0.1, 0.15) is 43.7 Å². The lowest BCUT2D eigenvalue weighted by Crippen LogP contribution is -2.41. The van der Waals surface area contributed by atoms with Gasteiger partial charge in [0.1, 0.15) is 0 Å². The summed E-state index contributed by atoms with van der Waals surface area (Å²) in [6.45, 7) is 1.84. The molecule has 1 saturated heterocycles. The molecule has 98 valence electrons. The zero-order valence-electron chi connectivity index (χ0n) is 11.0. The van der Waals surface area contributed by atoms with Crippen molar-refractivity contribution < 1.29 is 4.74 Å². The first-order chi connectivity index (χ1) is 8.93. The summed E-state index contributed by atoms with van der Waals surface area (Å²) in [5, 5.41) is 3.89. The molecule has 2 fully saturated rings. The Balaban J connectivity index is 1.69. The maximum atomic E-state index is 5.45. The van der Waals surface area contributed by atoms with E-state index in [4.69, 9.17) is 4.74 Å². The van der Waals surface area contributed by atoms with Crippen LogP contribution in [0.3, 0.4) is 0 Å². The molecule has 2 aliphatic rings. The van der Waals surface area contributed by atoms with Crippen molar-refractivity contribution in [3.63, 3.8) is 0 Å². The van der Waals surface area contributed by atoms with Gasteiger partial charge in [-0.1, -0.05) is 36.8 Å². The number of ether oxygens (including phenoxy) is 1. The van der Waals surface area contributed by atoms with Crippen molar-refractivity contribution >= 4 is 0 Å². The maximum Gasteiger partial charge on any atom is 0.0480 e. The van der Waals surface area contributed by atoms with E-state index in [2.05, 4.69) is 35.6 Å². The Morgan fingerprint density at radius 3 is 2.33 bits per heavy atom. The van der Waals surface area contributed by atoms with E-state index in [9.17, 15) is 0 Å². The lowest BCUT2D eigenvalue weighted by atomic mass is 9.76. The minimum absolute atomic E-state index is 0.558. The summed E-state index contributed by atoms with van der Waals surface area (Å²) in [4.78, 5) is 0. The number of benzene rings is 1. The molecule has 3 rings (SSSR count). The molecule has 2 heteroatoms. The fraction of sp³-hybridized carbons (Fsp3) is 0.625.